The van der Waals surface area contributed by atoms with Crippen molar-refractivity contribution in [1.29, 1.82) is 0 Å². The number of benzene rings is 1. The standard InChI is InChI=1S/C21H29N3/c1-16-6-4-8-21(18(16)3)24-12-9-20(10-13-24)23-17(2)14-19-7-5-11-22-15-19/h4-8,11,15,17,20,23H,9-10,12-14H2,1-3H3. The molecule has 1 unspecified atom stereocenters. The molecule has 1 aromatic carbocycles. The molecule has 24 heavy (non-hydrogen) atoms. The van der Waals surface area contributed by atoms with Crippen molar-refractivity contribution in [2.45, 2.75) is 52.1 Å². The zero-order valence-electron chi connectivity index (χ0n) is 15.1. The lowest BCUT2D eigenvalue weighted by atomic mass is 10.00. The van der Waals surface area contributed by atoms with Crippen LogP contribution in [0.25, 0.3) is 0 Å². The van der Waals surface area contributed by atoms with E-state index < -0.39 is 0 Å². The monoisotopic (exact) mass is 323 g/mol. The highest BCUT2D eigenvalue weighted by molar-refractivity contribution is 5.56. The third-order valence-corrected chi connectivity index (χ3v) is 5.20. The van der Waals surface area contributed by atoms with Crippen LogP contribution in [0.5, 0.6) is 0 Å². The molecule has 0 amide bonds. The Morgan fingerprint density at radius 3 is 2.67 bits per heavy atom. The topological polar surface area (TPSA) is 28.2 Å². The van der Waals surface area contributed by atoms with Crippen LogP contribution in [0.1, 0.15) is 36.5 Å². The second kappa shape index (κ2) is 7.80. The first-order chi connectivity index (χ1) is 11.6. The van der Waals surface area contributed by atoms with E-state index >= 15 is 0 Å². The highest BCUT2D eigenvalue weighted by Crippen LogP contribution is 2.26. The lowest BCUT2D eigenvalue weighted by molar-refractivity contribution is 0.375. The SMILES string of the molecule is Cc1cccc(N2CCC(NC(C)Cc3cccnc3)CC2)c1C. The summed E-state index contributed by atoms with van der Waals surface area (Å²) in [5.41, 5.74) is 5.54. The van der Waals surface area contributed by atoms with Crippen LogP contribution < -0.4 is 10.2 Å². The Morgan fingerprint density at radius 1 is 1.17 bits per heavy atom. The van der Waals surface area contributed by atoms with E-state index in [0.29, 0.717) is 12.1 Å². The van der Waals surface area contributed by atoms with E-state index in [9.17, 15) is 0 Å². The summed E-state index contributed by atoms with van der Waals surface area (Å²) >= 11 is 0. The van der Waals surface area contributed by atoms with Gasteiger partial charge in [-0.2, -0.15) is 0 Å². The molecule has 3 nitrogen and oxygen atoms in total. The molecule has 1 saturated heterocycles. The highest BCUT2D eigenvalue weighted by atomic mass is 15.2. The minimum atomic E-state index is 0.492. The zero-order chi connectivity index (χ0) is 16.9. The summed E-state index contributed by atoms with van der Waals surface area (Å²) in [6, 6.07) is 11.9. The molecule has 1 aliphatic heterocycles. The molecule has 1 aromatic heterocycles. The largest absolute Gasteiger partial charge is 0.371 e. The highest BCUT2D eigenvalue weighted by Gasteiger charge is 2.21. The number of aromatic nitrogens is 1. The number of pyridine rings is 1. The van der Waals surface area contributed by atoms with Crippen LogP contribution in [0.2, 0.25) is 0 Å². The molecule has 0 saturated carbocycles. The maximum atomic E-state index is 4.21. The van der Waals surface area contributed by atoms with Gasteiger partial charge in [0.1, 0.15) is 0 Å². The fourth-order valence-electron chi connectivity index (χ4n) is 3.70. The van der Waals surface area contributed by atoms with Crippen LogP contribution in [-0.2, 0) is 6.42 Å². The van der Waals surface area contributed by atoms with Gasteiger partial charge in [-0.3, -0.25) is 4.98 Å². The fourth-order valence-corrected chi connectivity index (χ4v) is 3.70. The van der Waals surface area contributed by atoms with Crippen molar-refractivity contribution in [1.82, 2.24) is 10.3 Å². The quantitative estimate of drug-likeness (QED) is 0.905. The van der Waals surface area contributed by atoms with E-state index in [2.05, 4.69) is 60.2 Å². The number of nitrogens with zero attached hydrogens (tertiary/aromatic N) is 2. The van der Waals surface area contributed by atoms with E-state index in [1.165, 1.54) is 35.2 Å². The number of nitrogens with one attached hydrogen (secondary N) is 1. The van der Waals surface area contributed by atoms with Crippen LogP contribution in [0.15, 0.2) is 42.7 Å². The molecular weight excluding hydrogens is 294 g/mol. The zero-order valence-corrected chi connectivity index (χ0v) is 15.1. The number of hydrogen-bond acceptors (Lipinski definition) is 3. The van der Waals surface area contributed by atoms with E-state index in [4.69, 9.17) is 0 Å². The molecule has 1 N–H and O–H groups in total. The summed E-state index contributed by atoms with van der Waals surface area (Å²) < 4.78 is 0. The average molecular weight is 323 g/mol. The van der Waals surface area contributed by atoms with Gasteiger partial charge >= 0.3 is 0 Å². The van der Waals surface area contributed by atoms with Gasteiger partial charge in [-0.05, 0) is 68.9 Å². The van der Waals surface area contributed by atoms with Crippen LogP contribution in [0, 0.1) is 13.8 Å². The smallest absolute Gasteiger partial charge is 0.0398 e. The maximum absolute atomic E-state index is 4.21. The van der Waals surface area contributed by atoms with Crippen LogP contribution >= 0.6 is 0 Å². The molecule has 0 radical (unpaired) electrons. The normalized spacial score (nSPS) is 17.0. The van der Waals surface area contributed by atoms with Crippen molar-refractivity contribution in [3.05, 3.63) is 59.4 Å². The number of piperidine rings is 1. The minimum Gasteiger partial charge on any atom is -0.371 e. The molecule has 0 bridgehead atoms. The molecule has 1 atom stereocenters. The second-order valence-electron chi connectivity index (χ2n) is 7.11. The number of aryl methyl sites for hydroxylation is 1. The number of rotatable bonds is 5. The molecular formula is C21H29N3. The lowest BCUT2D eigenvalue weighted by Crippen LogP contribution is -2.46. The third kappa shape index (κ3) is 4.15. The molecule has 128 valence electrons. The van der Waals surface area contributed by atoms with E-state index in [-0.39, 0.29) is 0 Å². The van der Waals surface area contributed by atoms with Crippen molar-refractivity contribution in [2.75, 3.05) is 18.0 Å². The van der Waals surface area contributed by atoms with Crippen molar-refractivity contribution >= 4 is 5.69 Å². The Hall–Kier alpha value is -1.87. The third-order valence-electron chi connectivity index (χ3n) is 5.20. The fraction of sp³-hybridized carbons (Fsp3) is 0.476. The first-order valence-corrected chi connectivity index (χ1v) is 9.09. The van der Waals surface area contributed by atoms with Crippen LogP contribution in [-0.4, -0.2) is 30.2 Å². The average Bonchev–Trinajstić information content (AvgIpc) is 2.59. The van der Waals surface area contributed by atoms with Gasteiger partial charge in [0.25, 0.3) is 0 Å². The van der Waals surface area contributed by atoms with Crippen LogP contribution in [0.3, 0.4) is 0 Å². The molecule has 0 spiro atoms. The van der Waals surface area contributed by atoms with Crippen molar-refractivity contribution in [2.24, 2.45) is 0 Å². The van der Waals surface area contributed by atoms with Gasteiger partial charge in [-0.1, -0.05) is 18.2 Å². The van der Waals surface area contributed by atoms with Gasteiger partial charge in [-0.25, -0.2) is 0 Å². The lowest BCUT2D eigenvalue weighted by Gasteiger charge is -2.36. The van der Waals surface area contributed by atoms with Gasteiger partial charge in [0, 0.05) is 43.3 Å². The summed E-state index contributed by atoms with van der Waals surface area (Å²) in [6.45, 7) is 9.01. The first-order valence-electron chi connectivity index (χ1n) is 9.09. The molecule has 3 rings (SSSR count). The summed E-state index contributed by atoms with van der Waals surface area (Å²) in [6.07, 6.45) is 7.28. The predicted octanol–water partition coefficient (Wildman–Crippen LogP) is 3.89. The molecule has 3 heteroatoms. The molecule has 0 aliphatic carbocycles. The Bertz CT molecular complexity index is 645. The van der Waals surface area contributed by atoms with Crippen molar-refractivity contribution in [3.63, 3.8) is 0 Å². The number of anilines is 1. The van der Waals surface area contributed by atoms with Gasteiger partial charge < -0.3 is 10.2 Å². The Morgan fingerprint density at radius 2 is 1.96 bits per heavy atom. The maximum Gasteiger partial charge on any atom is 0.0398 e. The molecule has 2 heterocycles. The first kappa shape index (κ1) is 17.0. The summed E-state index contributed by atoms with van der Waals surface area (Å²) in [5, 5.41) is 3.81. The second-order valence-corrected chi connectivity index (χ2v) is 7.11. The minimum absolute atomic E-state index is 0.492. The van der Waals surface area contributed by atoms with E-state index in [1.807, 2.05) is 18.5 Å². The van der Waals surface area contributed by atoms with E-state index in [0.717, 1.165) is 19.5 Å². The molecule has 1 fully saturated rings. The Balaban J connectivity index is 1.51. The predicted molar refractivity (Wildman–Crippen MR) is 102 cm³/mol. The van der Waals surface area contributed by atoms with Crippen molar-refractivity contribution in [3.8, 4) is 0 Å². The summed E-state index contributed by atoms with van der Waals surface area (Å²) in [5.74, 6) is 0. The van der Waals surface area contributed by atoms with Gasteiger partial charge in [0.2, 0.25) is 0 Å². The van der Waals surface area contributed by atoms with Crippen LogP contribution in [0.4, 0.5) is 5.69 Å². The molecule has 2 aromatic rings. The van der Waals surface area contributed by atoms with Gasteiger partial charge in [0.05, 0.1) is 0 Å². The Kier molecular flexibility index (Phi) is 5.52. The van der Waals surface area contributed by atoms with E-state index in [1.54, 1.807) is 0 Å². The summed E-state index contributed by atoms with van der Waals surface area (Å²) in [4.78, 5) is 6.76. The van der Waals surface area contributed by atoms with Gasteiger partial charge in [-0.15, -0.1) is 0 Å². The summed E-state index contributed by atoms with van der Waals surface area (Å²) in [7, 11) is 0. The Labute approximate surface area is 146 Å². The molecule has 1 aliphatic rings. The number of hydrogen-bond donors (Lipinski definition) is 1. The van der Waals surface area contributed by atoms with Gasteiger partial charge in [0.15, 0.2) is 0 Å². The van der Waals surface area contributed by atoms with Crippen molar-refractivity contribution < 1.29 is 0 Å².